The Morgan fingerprint density at radius 3 is 2.80 bits per heavy atom. The van der Waals surface area contributed by atoms with Crippen LogP contribution < -0.4 is 9.47 Å². The molecule has 3 heterocycles. The summed E-state index contributed by atoms with van der Waals surface area (Å²) in [6.45, 7) is 2.92. The maximum Gasteiger partial charge on any atom is 0.316 e. The summed E-state index contributed by atoms with van der Waals surface area (Å²) in [6, 6.07) is 6.89. The van der Waals surface area contributed by atoms with Crippen LogP contribution in [0.3, 0.4) is 0 Å². The van der Waals surface area contributed by atoms with Crippen molar-refractivity contribution in [2.45, 2.75) is 38.8 Å². The Morgan fingerprint density at radius 1 is 1.13 bits per heavy atom. The van der Waals surface area contributed by atoms with Gasteiger partial charge in [-0.1, -0.05) is 11.6 Å². The monoisotopic (exact) mass is 424 g/mol. The van der Waals surface area contributed by atoms with E-state index in [1.165, 1.54) is 30.5 Å². The lowest BCUT2D eigenvalue weighted by atomic mass is 9.98. The van der Waals surface area contributed by atoms with Crippen LogP contribution in [0.4, 0.5) is 0 Å². The normalized spacial score (nSPS) is 16.3. The van der Waals surface area contributed by atoms with E-state index in [1.54, 1.807) is 7.11 Å². The van der Waals surface area contributed by atoms with Gasteiger partial charge in [-0.15, -0.1) is 0 Å². The fraction of sp³-hybridized carbons (Fsp3) is 0.391. The molecule has 0 spiro atoms. The van der Waals surface area contributed by atoms with E-state index >= 15 is 0 Å². The molecule has 0 fully saturated rings. The average Bonchev–Trinajstić information content (AvgIpc) is 3.09. The molecule has 2 aromatic heterocycles. The Morgan fingerprint density at radius 2 is 1.97 bits per heavy atom. The number of benzene rings is 1. The van der Waals surface area contributed by atoms with Crippen LogP contribution in [0.15, 0.2) is 36.8 Å². The summed E-state index contributed by atoms with van der Waals surface area (Å²) in [5, 5.41) is 0.676. The molecule has 1 aliphatic heterocycles. The molecular weight excluding hydrogens is 400 g/mol. The second kappa shape index (κ2) is 8.28. The SMILES string of the molecule is COc1ncc(CN2CCOc3c(Cl)cc(-n4ccc5c4CCCC5)cc3C2)cn1. The van der Waals surface area contributed by atoms with Gasteiger partial charge in [0.1, 0.15) is 12.4 Å². The van der Waals surface area contributed by atoms with Crippen LogP contribution in [0.1, 0.15) is 35.2 Å². The Hall–Kier alpha value is -2.57. The van der Waals surface area contributed by atoms with Gasteiger partial charge in [-0.3, -0.25) is 4.90 Å². The van der Waals surface area contributed by atoms with E-state index in [9.17, 15) is 0 Å². The molecule has 0 unspecified atom stereocenters. The number of nitrogens with zero attached hydrogens (tertiary/aromatic N) is 4. The van der Waals surface area contributed by atoms with E-state index < -0.39 is 0 Å². The molecule has 3 aromatic rings. The van der Waals surface area contributed by atoms with E-state index in [2.05, 4.69) is 37.8 Å². The second-order valence-corrected chi connectivity index (χ2v) is 8.32. The van der Waals surface area contributed by atoms with Crippen molar-refractivity contribution in [3.8, 4) is 17.4 Å². The molecule has 2 aliphatic rings. The van der Waals surface area contributed by atoms with Gasteiger partial charge < -0.3 is 14.0 Å². The molecule has 1 aliphatic carbocycles. The van der Waals surface area contributed by atoms with Crippen LogP contribution in [0.25, 0.3) is 5.69 Å². The van der Waals surface area contributed by atoms with E-state index in [4.69, 9.17) is 21.1 Å². The van der Waals surface area contributed by atoms with Gasteiger partial charge in [-0.25, -0.2) is 9.97 Å². The van der Waals surface area contributed by atoms with Gasteiger partial charge >= 0.3 is 6.01 Å². The average molecular weight is 425 g/mol. The summed E-state index contributed by atoms with van der Waals surface area (Å²) in [7, 11) is 1.57. The summed E-state index contributed by atoms with van der Waals surface area (Å²) in [5.74, 6) is 0.801. The Balaban J connectivity index is 1.43. The highest BCUT2D eigenvalue weighted by molar-refractivity contribution is 6.32. The molecule has 156 valence electrons. The third-order valence-electron chi connectivity index (χ3n) is 5.90. The van der Waals surface area contributed by atoms with Crippen LogP contribution in [-0.4, -0.2) is 39.7 Å². The minimum absolute atomic E-state index is 0.384. The van der Waals surface area contributed by atoms with Gasteiger partial charge in [0, 0.05) is 60.7 Å². The van der Waals surface area contributed by atoms with Crippen molar-refractivity contribution >= 4 is 11.6 Å². The number of rotatable bonds is 4. The lowest BCUT2D eigenvalue weighted by Crippen LogP contribution is -2.25. The quantitative estimate of drug-likeness (QED) is 0.628. The summed E-state index contributed by atoms with van der Waals surface area (Å²) < 4.78 is 13.4. The van der Waals surface area contributed by atoms with Crippen molar-refractivity contribution in [3.05, 3.63) is 64.2 Å². The molecule has 0 saturated heterocycles. The summed E-state index contributed by atoms with van der Waals surface area (Å²) >= 11 is 6.67. The van der Waals surface area contributed by atoms with Crippen LogP contribution >= 0.6 is 11.6 Å². The summed E-state index contributed by atoms with van der Waals surface area (Å²) in [4.78, 5) is 10.8. The fourth-order valence-electron chi connectivity index (χ4n) is 4.44. The zero-order chi connectivity index (χ0) is 20.5. The smallest absolute Gasteiger partial charge is 0.316 e. The zero-order valence-electron chi connectivity index (χ0n) is 17.1. The van der Waals surface area contributed by atoms with Gasteiger partial charge in [-0.05, 0) is 49.4 Å². The third-order valence-corrected chi connectivity index (χ3v) is 6.18. The minimum Gasteiger partial charge on any atom is -0.490 e. The number of hydrogen-bond acceptors (Lipinski definition) is 5. The summed E-state index contributed by atoms with van der Waals surface area (Å²) in [5.41, 5.74) is 6.15. The highest BCUT2D eigenvalue weighted by atomic mass is 35.5. The maximum atomic E-state index is 6.67. The Labute approximate surface area is 181 Å². The first-order chi connectivity index (χ1) is 14.7. The van der Waals surface area contributed by atoms with Gasteiger partial charge in [0.25, 0.3) is 0 Å². The van der Waals surface area contributed by atoms with Gasteiger partial charge in [0.05, 0.1) is 12.1 Å². The molecule has 30 heavy (non-hydrogen) atoms. The highest BCUT2D eigenvalue weighted by Gasteiger charge is 2.21. The van der Waals surface area contributed by atoms with Crippen LogP contribution in [0.2, 0.25) is 5.02 Å². The van der Waals surface area contributed by atoms with E-state index in [-0.39, 0.29) is 0 Å². The van der Waals surface area contributed by atoms with Crippen molar-refractivity contribution < 1.29 is 9.47 Å². The maximum absolute atomic E-state index is 6.67. The highest BCUT2D eigenvalue weighted by Crippen LogP contribution is 2.36. The molecule has 0 atom stereocenters. The molecule has 0 N–H and O–H groups in total. The van der Waals surface area contributed by atoms with Crippen molar-refractivity contribution in [2.75, 3.05) is 20.3 Å². The number of halogens is 1. The number of fused-ring (bicyclic) bond motifs is 2. The van der Waals surface area contributed by atoms with Crippen molar-refractivity contribution in [1.82, 2.24) is 19.4 Å². The van der Waals surface area contributed by atoms with Crippen molar-refractivity contribution in [1.29, 1.82) is 0 Å². The first-order valence-corrected chi connectivity index (χ1v) is 10.8. The largest absolute Gasteiger partial charge is 0.490 e. The van der Waals surface area contributed by atoms with Gasteiger partial charge in [0.15, 0.2) is 0 Å². The van der Waals surface area contributed by atoms with Crippen molar-refractivity contribution in [2.24, 2.45) is 0 Å². The predicted octanol–water partition coefficient (Wildman–Crippen LogP) is 4.20. The second-order valence-electron chi connectivity index (χ2n) is 7.92. The van der Waals surface area contributed by atoms with Gasteiger partial charge in [0.2, 0.25) is 0 Å². The number of hydrogen-bond donors (Lipinski definition) is 0. The van der Waals surface area contributed by atoms with E-state index in [0.717, 1.165) is 48.6 Å². The molecule has 0 radical (unpaired) electrons. The number of aryl methyl sites for hydroxylation is 1. The standard InChI is InChI=1S/C23H25ClN4O2/c1-29-23-25-12-16(13-26-23)14-27-8-9-30-22-18(15-27)10-19(11-20(22)24)28-7-6-17-4-2-3-5-21(17)28/h6-7,10-13H,2-5,8-9,14-15H2,1H3. The molecular formula is C23H25ClN4O2. The van der Waals surface area contributed by atoms with Crippen LogP contribution in [0.5, 0.6) is 11.8 Å². The molecule has 0 saturated carbocycles. The molecule has 6 nitrogen and oxygen atoms in total. The Kier molecular flexibility index (Phi) is 5.35. The third kappa shape index (κ3) is 3.77. The molecule has 7 heteroatoms. The first kappa shape index (κ1) is 19.4. The minimum atomic E-state index is 0.384. The lowest BCUT2D eigenvalue weighted by Gasteiger charge is -2.20. The van der Waals surface area contributed by atoms with Crippen LogP contribution in [-0.2, 0) is 25.9 Å². The molecule has 0 bridgehead atoms. The Bertz CT molecular complexity index is 1050. The number of methoxy groups -OCH3 is 1. The lowest BCUT2D eigenvalue weighted by molar-refractivity contribution is 0.219. The fourth-order valence-corrected chi connectivity index (χ4v) is 4.72. The molecule has 1 aromatic carbocycles. The topological polar surface area (TPSA) is 52.4 Å². The van der Waals surface area contributed by atoms with E-state index in [1.807, 2.05) is 18.5 Å². The summed E-state index contributed by atoms with van der Waals surface area (Å²) in [6.07, 6.45) is 10.6. The van der Waals surface area contributed by atoms with Gasteiger partial charge in [-0.2, -0.15) is 0 Å². The predicted molar refractivity (Wildman–Crippen MR) is 116 cm³/mol. The first-order valence-electron chi connectivity index (χ1n) is 10.4. The van der Waals surface area contributed by atoms with Crippen LogP contribution in [0, 0.1) is 0 Å². The molecule has 5 rings (SSSR count). The molecule has 0 amide bonds. The number of ether oxygens (including phenoxy) is 2. The number of aromatic nitrogens is 3. The zero-order valence-corrected chi connectivity index (χ0v) is 17.9. The van der Waals surface area contributed by atoms with E-state index in [0.29, 0.717) is 17.6 Å². The van der Waals surface area contributed by atoms with Crippen molar-refractivity contribution in [3.63, 3.8) is 0 Å².